The smallest absolute Gasteiger partial charge is 0.253 e. The number of aryl methyl sites for hydroxylation is 3. The van der Waals surface area contributed by atoms with Gasteiger partial charge in [0.05, 0.1) is 11.2 Å². The third-order valence-corrected chi connectivity index (χ3v) is 7.17. The van der Waals surface area contributed by atoms with Crippen LogP contribution in [0.3, 0.4) is 0 Å². The number of hydrogen-bond donors (Lipinski definition) is 4. The molecule has 0 aliphatic carbocycles. The van der Waals surface area contributed by atoms with Crippen LogP contribution in [0.15, 0.2) is 53.5 Å². The van der Waals surface area contributed by atoms with E-state index in [1.807, 2.05) is 59.1 Å². The van der Waals surface area contributed by atoms with Crippen molar-refractivity contribution in [2.24, 2.45) is 5.73 Å². The number of nitrogens with two attached hydrogens (primary N) is 1. The van der Waals surface area contributed by atoms with E-state index in [0.717, 1.165) is 57.4 Å². The van der Waals surface area contributed by atoms with Crippen LogP contribution in [0, 0.1) is 20.8 Å². The summed E-state index contributed by atoms with van der Waals surface area (Å²) in [7, 11) is 1.92. The van der Waals surface area contributed by atoms with Gasteiger partial charge in [-0.1, -0.05) is 25.1 Å². The standard InChI is InChI=1S/C30H37N5O2/c1-7-30(5,31)35-17-19(3)27-24(28(36)33-16-25-18(2)11-20(4)34-29(25)37)13-23(14-26(27)35)22-10-8-9-21(12-22)15-32-6/h8-14,17,32H,7,15-16,31H2,1-6H3,(H,33,36)(H,34,37)/t30-/m0/s1. The van der Waals surface area contributed by atoms with Crippen molar-refractivity contribution in [3.05, 3.63) is 92.5 Å². The van der Waals surface area contributed by atoms with E-state index >= 15 is 0 Å². The molecular formula is C30H37N5O2. The van der Waals surface area contributed by atoms with E-state index in [0.29, 0.717) is 11.1 Å². The van der Waals surface area contributed by atoms with Gasteiger partial charge in [-0.05, 0) is 93.2 Å². The summed E-state index contributed by atoms with van der Waals surface area (Å²) in [6.07, 6.45) is 2.76. The molecule has 194 valence electrons. The van der Waals surface area contributed by atoms with Crippen LogP contribution in [-0.2, 0) is 18.8 Å². The van der Waals surface area contributed by atoms with Crippen molar-refractivity contribution in [3.8, 4) is 11.1 Å². The summed E-state index contributed by atoms with van der Waals surface area (Å²) in [6, 6.07) is 14.3. The Balaban J connectivity index is 1.85. The van der Waals surface area contributed by atoms with Gasteiger partial charge in [0.15, 0.2) is 0 Å². The highest BCUT2D eigenvalue weighted by atomic mass is 16.1. The first-order valence-electron chi connectivity index (χ1n) is 12.7. The average molecular weight is 500 g/mol. The number of hydrogen-bond acceptors (Lipinski definition) is 4. The van der Waals surface area contributed by atoms with Gasteiger partial charge < -0.3 is 25.9 Å². The van der Waals surface area contributed by atoms with Crippen LogP contribution in [0.4, 0.5) is 0 Å². The molecule has 2 aromatic heterocycles. The summed E-state index contributed by atoms with van der Waals surface area (Å²) in [5.74, 6) is -0.228. The van der Waals surface area contributed by atoms with Crippen LogP contribution in [-0.4, -0.2) is 22.5 Å². The van der Waals surface area contributed by atoms with Gasteiger partial charge in [0.1, 0.15) is 0 Å². The van der Waals surface area contributed by atoms with Gasteiger partial charge in [-0.25, -0.2) is 0 Å². The summed E-state index contributed by atoms with van der Waals surface area (Å²) >= 11 is 0. The Morgan fingerprint density at radius 1 is 1.05 bits per heavy atom. The molecule has 5 N–H and O–H groups in total. The Morgan fingerprint density at radius 3 is 2.49 bits per heavy atom. The lowest BCUT2D eigenvalue weighted by Gasteiger charge is -2.26. The van der Waals surface area contributed by atoms with Gasteiger partial charge in [-0.3, -0.25) is 9.59 Å². The van der Waals surface area contributed by atoms with Crippen molar-refractivity contribution >= 4 is 16.8 Å². The van der Waals surface area contributed by atoms with Gasteiger partial charge in [0.25, 0.3) is 11.5 Å². The number of benzene rings is 2. The molecule has 2 heterocycles. The molecule has 0 bridgehead atoms. The Kier molecular flexibility index (Phi) is 7.39. The Hall–Kier alpha value is -3.68. The van der Waals surface area contributed by atoms with Crippen molar-refractivity contribution < 1.29 is 4.79 Å². The largest absolute Gasteiger partial charge is 0.348 e. The van der Waals surface area contributed by atoms with Crippen LogP contribution < -0.4 is 21.9 Å². The van der Waals surface area contributed by atoms with E-state index in [-0.39, 0.29) is 18.0 Å². The number of aromatic amines is 1. The lowest BCUT2D eigenvalue weighted by molar-refractivity contribution is 0.0952. The molecule has 4 aromatic rings. The maximum Gasteiger partial charge on any atom is 0.253 e. The van der Waals surface area contributed by atoms with E-state index in [2.05, 4.69) is 51.4 Å². The number of nitrogens with zero attached hydrogens (tertiary/aromatic N) is 1. The zero-order valence-corrected chi connectivity index (χ0v) is 22.6. The summed E-state index contributed by atoms with van der Waals surface area (Å²) in [6.45, 7) is 10.7. The maximum absolute atomic E-state index is 13.7. The molecule has 0 saturated carbocycles. The molecule has 37 heavy (non-hydrogen) atoms. The highest BCUT2D eigenvalue weighted by molar-refractivity contribution is 6.09. The minimum atomic E-state index is -0.612. The molecule has 4 rings (SSSR count). The predicted molar refractivity (Wildman–Crippen MR) is 151 cm³/mol. The second-order valence-electron chi connectivity index (χ2n) is 10.2. The molecule has 0 radical (unpaired) electrons. The minimum Gasteiger partial charge on any atom is -0.348 e. The van der Waals surface area contributed by atoms with Crippen molar-refractivity contribution in [1.29, 1.82) is 0 Å². The van der Waals surface area contributed by atoms with Crippen molar-refractivity contribution in [3.63, 3.8) is 0 Å². The van der Waals surface area contributed by atoms with Crippen LogP contribution in [0.25, 0.3) is 22.0 Å². The first-order valence-corrected chi connectivity index (χ1v) is 12.7. The Bertz CT molecular complexity index is 1530. The molecule has 0 fully saturated rings. The molecule has 0 spiro atoms. The topological polar surface area (TPSA) is 105 Å². The molecule has 0 aliphatic rings. The third kappa shape index (κ3) is 5.24. The fraction of sp³-hybridized carbons (Fsp3) is 0.333. The molecule has 7 heteroatoms. The molecule has 1 atom stereocenters. The van der Waals surface area contributed by atoms with E-state index < -0.39 is 5.66 Å². The zero-order chi connectivity index (χ0) is 26.9. The highest BCUT2D eigenvalue weighted by Gasteiger charge is 2.25. The number of nitrogens with one attached hydrogen (secondary N) is 3. The SMILES string of the molecule is CC[C@@](C)(N)n1cc(C)c2c(C(=O)NCc3c(C)cc(C)[nH]c3=O)cc(-c3cccc(CNC)c3)cc21. The van der Waals surface area contributed by atoms with Gasteiger partial charge in [0.2, 0.25) is 0 Å². The summed E-state index contributed by atoms with van der Waals surface area (Å²) in [4.78, 5) is 29.0. The average Bonchev–Trinajstić information content (AvgIpc) is 3.20. The molecule has 0 aliphatic heterocycles. The molecule has 2 aromatic carbocycles. The van der Waals surface area contributed by atoms with Gasteiger partial charge in [0, 0.05) is 41.5 Å². The summed E-state index contributed by atoms with van der Waals surface area (Å²) in [5.41, 5.74) is 13.7. The molecule has 7 nitrogen and oxygen atoms in total. The van der Waals surface area contributed by atoms with Crippen LogP contribution in [0.5, 0.6) is 0 Å². The third-order valence-electron chi connectivity index (χ3n) is 7.17. The van der Waals surface area contributed by atoms with Crippen LogP contribution in [0.2, 0.25) is 0 Å². The number of amides is 1. The zero-order valence-electron chi connectivity index (χ0n) is 22.6. The monoisotopic (exact) mass is 499 g/mol. The molecule has 0 unspecified atom stereocenters. The normalized spacial score (nSPS) is 13.1. The number of fused-ring (bicyclic) bond motifs is 1. The van der Waals surface area contributed by atoms with Gasteiger partial charge in [-0.15, -0.1) is 0 Å². The molecule has 1 amide bonds. The quantitative estimate of drug-likeness (QED) is 0.284. The highest BCUT2D eigenvalue weighted by Crippen LogP contribution is 2.34. The fourth-order valence-corrected chi connectivity index (χ4v) is 4.93. The number of H-pyrrole nitrogens is 1. The van der Waals surface area contributed by atoms with E-state index in [9.17, 15) is 9.59 Å². The first kappa shape index (κ1) is 26.4. The molecule has 0 saturated heterocycles. The Labute approximate surface area is 218 Å². The predicted octanol–water partition coefficient (Wildman–Crippen LogP) is 4.61. The van der Waals surface area contributed by atoms with Gasteiger partial charge in [-0.2, -0.15) is 0 Å². The number of pyridine rings is 1. The van der Waals surface area contributed by atoms with E-state index in [1.165, 1.54) is 0 Å². The van der Waals surface area contributed by atoms with E-state index in [4.69, 9.17) is 5.73 Å². The minimum absolute atomic E-state index is 0.146. The second kappa shape index (κ2) is 10.4. The number of carbonyl (C=O) groups excluding carboxylic acids is 1. The lowest BCUT2D eigenvalue weighted by atomic mass is 9.96. The van der Waals surface area contributed by atoms with Crippen LogP contribution in [0.1, 0.15) is 58.6 Å². The lowest BCUT2D eigenvalue weighted by Crippen LogP contribution is -2.38. The fourth-order valence-electron chi connectivity index (χ4n) is 4.93. The Morgan fingerprint density at radius 2 is 1.81 bits per heavy atom. The number of rotatable bonds is 8. The van der Waals surface area contributed by atoms with Crippen molar-refractivity contribution in [2.75, 3.05) is 7.05 Å². The summed E-state index contributed by atoms with van der Waals surface area (Å²) in [5, 5.41) is 7.06. The second-order valence-corrected chi connectivity index (χ2v) is 10.2. The van der Waals surface area contributed by atoms with E-state index in [1.54, 1.807) is 0 Å². The van der Waals surface area contributed by atoms with Crippen molar-refractivity contribution in [2.45, 2.75) is 59.8 Å². The number of carbonyl (C=O) groups is 1. The molecular weight excluding hydrogens is 462 g/mol. The first-order chi connectivity index (χ1) is 17.6. The van der Waals surface area contributed by atoms with Crippen molar-refractivity contribution in [1.82, 2.24) is 20.2 Å². The number of aromatic nitrogens is 2. The maximum atomic E-state index is 13.7. The van der Waals surface area contributed by atoms with Gasteiger partial charge >= 0.3 is 0 Å². The summed E-state index contributed by atoms with van der Waals surface area (Å²) < 4.78 is 2.07. The van der Waals surface area contributed by atoms with Crippen LogP contribution >= 0.6 is 0 Å².